The normalized spacial score (nSPS) is 10.4. The Morgan fingerprint density at radius 1 is 0.846 bits per heavy atom. The molecule has 0 aliphatic heterocycles. The van der Waals surface area contributed by atoms with Gasteiger partial charge in [0.2, 0.25) is 0 Å². The molecule has 0 heterocycles. The monoisotopic (exact) mass is 387 g/mol. The molecule has 1 N–H and O–H groups in total. The highest BCUT2D eigenvalue weighted by atomic mass is 35.5. The van der Waals surface area contributed by atoms with Crippen LogP contribution in [0.2, 0.25) is 10.0 Å². The molecule has 0 aliphatic rings. The van der Waals surface area contributed by atoms with Crippen molar-refractivity contribution in [1.82, 2.24) is 0 Å². The van der Waals surface area contributed by atoms with E-state index in [0.717, 1.165) is 16.8 Å². The highest BCUT2D eigenvalue weighted by Gasteiger charge is 2.12. The van der Waals surface area contributed by atoms with Gasteiger partial charge in [-0.15, -0.1) is 0 Å². The van der Waals surface area contributed by atoms with E-state index in [1.807, 2.05) is 66.7 Å². The lowest BCUT2D eigenvalue weighted by molar-refractivity contribution is 0.282. The number of para-hydroxylation sites is 1. The van der Waals surface area contributed by atoms with Crippen LogP contribution < -0.4 is 14.8 Å². The van der Waals surface area contributed by atoms with Crippen molar-refractivity contribution in [3.8, 4) is 11.5 Å². The number of benzene rings is 3. The fourth-order valence-electron chi connectivity index (χ4n) is 2.56. The highest BCUT2D eigenvalue weighted by molar-refractivity contribution is 6.31. The van der Waals surface area contributed by atoms with Crippen molar-refractivity contribution >= 4 is 28.9 Å². The van der Waals surface area contributed by atoms with Crippen molar-refractivity contribution in [3.05, 3.63) is 87.9 Å². The molecule has 0 radical (unpaired) electrons. The fourth-order valence-corrected chi connectivity index (χ4v) is 2.87. The third-order valence-electron chi connectivity index (χ3n) is 3.94. The molecule has 26 heavy (non-hydrogen) atoms. The van der Waals surface area contributed by atoms with E-state index in [1.165, 1.54) is 0 Å². The summed E-state index contributed by atoms with van der Waals surface area (Å²) in [6.45, 7) is 0.963. The Hall–Kier alpha value is -2.36. The third kappa shape index (κ3) is 4.63. The smallest absolute Gasteiger partial charge is 0.166 e. The topological polar surface area (TPSA) is 30.5 Å². The van der Waals surface area contributed by atoms with E-state index >= 15 is 0 Å². The van der Waals surface area contributed by atoms with Crippen LogP contribution in [0.1, 0.15) is 11.1 Å². The molecule has 3 aromatic carbocycles. The Labute approximate surface area is 163 Å². The molecule has 0 saturated heterocycles. The van der Waals surface area contributed by atoms with Crippen molar-refractivity contribution in [2.45, 2.75) is 13.2 Å². The fraction of sp³-hybridized carbons (Fsp3) is 0.143. The van der Waals surface area contributed by atoms with Gasteiger partial charge in [-0.05, 0) is 36.4 Å². The van der Waals surface area contributed by atoms with Gasteiger partial charge in [-0.2, -0.15) is 0 Å². The van der Waals surface area contributed by atoms with Crippen LogP contribution in [-0.2, 0) is 13.2 Å². The Morgan fingerprint density at radius 3 is 2.31 bits per heavy atom. The summed E-state index contributed by atoms with van der Waals surface area (Å²) in [6, 6.07) is 21.1. The molecule has 0 fully saturated rings. The zero-order chi connectivity index (χ0) is 18.4. The molecule has 0 aliphatic carbocycles. The van der Waals surface area contributed by atoms with Crippen LogP contribution in [0.3, 0.4) is 0 Å². The molecule has 0 spiro atoms. The van der Waals surface area contributed by atoms with E-state index in [-0.39, 0.29) is 0 Å². The number of rotatable bonds is 7. The molecule has 0 bridgehead atoms. The predicted octanol–water partition coefficient (Wildman–Crippen LogP) is 6.19. The van der Waals surface area contributed by atoms with Crippen molar-refractivity contribution < 1.29 is 9.47 Å². The number of hydrogen-bond donors (Lipinski definition) is 1. The Bertz CT molecular complexity index is 866. The molecule has 3 nitrogen and oxygen atoms in total. The van der Waals surface area contributed by atoms with Crippen molar-refractivity contribution in [2.75, 3.05) is 12.4 Å². The lowest BCUT2D eigenvalue weighted by atomic mass is 10.1. The second-order valence-electron chi connectivity index (χ2n) is 5.69. The molecule has 3 rings (SSSR count). The first-order valence-corrected chi connectivity index (χ1v) is 8.94. The number of halogens is 2. The van der Waals surface area contributed by atoms with Gasteiger partial charge >= 0.3 is 0 Å². The minimum absolute atomic E-state index is 0.369. The van der Waals surface area contributed by atoms with Crippen LogP contribution in [0, 0.1) is 0 Å². The Kier molecular flexibility index (Phi) is 6.26. The van der Waals surface area contributed by atoms with Crippen molar-refractivity contribution in [1.29, 1.82) is 0 Å². The number of hydrogen-bond acceptors (Lipinski definition) is 3. The zero-order valence-electron chi connectivity index (χ0n) is 14.3. The number of anilines is 1. The lowest BCUT2D eigenvalue weighted by Crippen LogP contribution is -2.05. The van der Waals surface area contributed by atoms with Gasteiger partial charge < -0.3 is 14.8 Å². The van der Waals surface area contributed by atoms with E-state index in [0.29, 0.717) is 34.7 Å². The van der Waals surface area contributed by atoms with Gasteiger partial charge in [0.15, 0.2) is 11.5 Å². The van der Waals surface area contributed by atoms with Gasteiger partial charge in [-0.3, -0.25) is 0 Å². The second-order valence-corrected chi connectivity index (χ2v) is 6.53. The maximum absolute atomic E-state index is 6.22. The van der Waals surface area contributed by atoms with Crippen molar-refractivity contribution in [3.63, 3.8) is 0 Å². The van der Waals surface area contributed by atoms with Gasteiger partial charge in [-0.1, -0.05) is 53.5 Å². The summed E-state index contributed by atoms with van der Waals surface area (Å²) in [4.78, 5) is 0. The predicted molar refractivity (Wildman–Crippen MR) is 108 cm³/mol. The summed E-state index contributed by atoms with van der Waals surface area (Å²) in [5.41, 5.74) is 2.90. The number of ether oxygens (including phenoxy) is 2. The van der Waals surface area contributed by atoms with E-state index in [1.54, 1.807) is 7.11 Å². The zero-order valence-corrected chi connectivity index (χ0v) is 15.8. The van der Waals surface area contributed by atoms with E-state index in [4.69, 9.17) is 32.7 Å². The Morgan fingerprint density at radius 2 is 1.58 bits per heavy atom. The summed E-state index contributed by atoms with van der Waals surface area (Å²) in [7, 11) is 1.63. The highest BCUT2D eigenvalue weighted by Crippen LogP contribution is 2.33. The molecule has 0 amide bonds. The summed E-state index contributed by atoms with van der Waals surface area (Å²) in [5.74, 6) is 1.39. The maximum Gasteiger partial charge on any atom is 0.166 e. The maximum atomic E-state index is 6.22. The van der Waals surface area contributed by atoms with Crippen LogP contribution in [0.5, 0.6) is 11.5 Å². The first-order valence-electron chi connectivity index (χ1n) is 8.19. The van der Waals surface area contributed by atoms with E-state index in [2.05, 4.69) is 5.32 Å². The first kappa shape index (κ1) is 18.4. The van der Waals surface area contributed by atoms with Crippen LogP contribution in [0.25, 0.3) is 0 Å². The number of nitrogens with one attached hydrogen (secondary N) is 1. The third-order valence-corrected chi connectivity index (χ3v) is 4.56. The largest absolute Gasteiger partial charge is 0.493 e. The minimum atomic E-state index is 0.369. The standard InChI is InChI=1S/C21H19Cl2NO2/c1-25-20-8-4-6-15(13-24-18-11-9-17(22)10-12-18)21(20)26-14-16-5-2-3-7-19(16)23/h2-12,24H,13-14H2,1H3. The van der Waals surface area contributed by atoms with Crippen LogP contribution in [0.4, 0.5) is 5.69 Å². The van der Waals surface area contributed by atoms with E-state index < -0.39 is 0 Å². The molecule has 0 aromatic heterocycles. The SMILES string of the molecule is COc1cccc(CNc2ccc(Cl)cc2)c1OCc1ccccc1Cl. The molecule has 0 saturated carbocycles. The average molecular weight is 388 g/mol. The summed E-state index contributed by atoms with van der Waals surface area (Å²) < 4.78 is 11.5. The Balaban J connectivity index is 1.77. The van der Waals surface area contributed by atoms with Gasteiger partial charge in [0.05, 0.1) is 7.11 Å². The molecular formula is C21H19Cl2NO2. The van der Waals surface area contributed by atoms with Crippen LogP contribution in [-0.4, -0.2) is 7.11 Å². The molecule has 134 valence electrons. The van der Waals surface area contributed by atoms with Crippen LogP contribution >= 0.6 is 23.2 Å². The molecular weight excluding hydrogens is 369 g/mol. The first-order chi connectivity index (χ1) is 12.7. The van der Waals surface area contributed by atoms with Crippen molar-refractivity contribution in [2.24, 2.45) is 0 Å². The molecule has 0 atom stereocenters. The lowest BCUT2D eigenvalue weighted by Gasteiger charge is -2.16. The summed E-state index contributed by atoms with van der Waals surface area (Å²) in [5, 5.41) is 4.76. The summed E-state index contributed by atoms with van der Waals surface area (Å²) in [6.07, 6.45) is 0. The van der Waals surface area contributed by atoms with Gasteiger partial charge in [0.25, 0.3) is 0 Å². The van der Waals surface area contributed by atoms with Gasteiger partial charge in [-0.25, -0.2) is 0 Å². The van der Waals surface area contributed by atoms with Crippen LogP contribution in [0.15, 0.2) is 66.7 Å². The van der Waals surface area contributed by atoms with Gasteiger partial charge in [0.1, 0.15) is 6.61 Å². The molecule has 3 aromatic rings. The van der Waals surface area contributed by atoms with E-state index in [9.17, 15) is 0 Å². The van der Waals surface area contributed by atoms with Gasteiger partial charge in [0, 0.05) is 33.4 Å². The average Bonchev–Trinajstić information content (AvgIpc) is 2.67. The summed E-state index contributed by atoms with van der Waals surface area (Å²) >= 11 is 12.2. The minimum Gasteiger partial charge on any atom is -0.493 e. The molecule has 5 heteroatoms. The quantitative estimate of drug-likeness (QED) is 0.523. The second kappa shape index (κ2) is 8.84. The molecule has 0 unspecified atom stereocenters. The number of methoxy groups -OCH3 is 1.